The summed E-state index contributed by atoms with van der Waals surface area (Å²) in [5.41, 5.74) is 1.37. The fraction of sp³-hybridized carbons (Fsp3) is 0.667. The molecule has 15 heavy (non-hydrogen) atoms. The largest absolute Gasteiger partial charge is 0.132 e. The number of hydrogen-bond donors (Lipinski definition) is 0. The van der Waals surface area contributed by atoms with Crippen molar-refractivity contribution in [3.8, 4) is 0 Å². The Balaban J connectivity index is 2.08. The molecule has 0 spiro atoms. The topological polar surface area (TPSA) is 0 Å². The zero-order valence-electron chi connectivity index (χ0n) is 8.93. The first-order chi connectivity index (χ1) is 7.18. The Kier molecular flexibility index (Phi) is 4.31. The summed E-state index contributed by atoms with van der Waals surface area (Å²) in [6, 6.07) is 2.32. The highest BCUT2D eigenvalue weighted by Crippen LogP contribution is 2.44. The van der Waals surface area contributed by atoms with Crippen LogP contribution in [0, 0.1) is 12.8 Å². The van der Waals surface area contributed by atoms with Crippen molar-refractivity contribution in [3.05, 3.63) is 20.3 Å². The average Bonchev–Trinajstić information content (AvgIpc) is 2.59. The molecule has 1 saturated carbocycles. The Morgan fingerprint density at radius 2 is 2.00 bits per heavy atom. The van der Waals surface area contributed by atoms with Gasteiger partial charge in [0.15, 0.2) is 0 Å². The normalized spacial score (nSPS) is 20.5. The van der Waals surface area contributed by atoms with E-state index in [-0.39, 0.29) is 0 Å². The summed E-state index contributed by atoms with van der Waals surface area (Å²) in [6.07, 6.45) is 7.05. The maximum Gasteiger partial charge on any atom is 0.0730 e. The van der Waals surface area contributed by atoms with Crippen molar-refractivity contribution in [1.29, 1.82) is 0 Å². The van der Waals surface area contributed by atoms with E-state index in [1.165, 1.54) is 46.3 Å². The predicted molar refractivity (Wildman–Crippen MR) is 75.0 cm³/mol. The molecule has 1 aliphatic carbocycles. The number of thiophene rings is 1. The van der Waals surface area contributed by atoms with Crippen molar-refractivity contribution < 1.29 is 0 Å². The van der Waals surface area contributed by atoms with Crippen molar-refractivity contribution in [2.45, 2.75) is 43.9 Å². The maximum absolute atomic E-state index is 3.88. The van der Waals surface area contributed by atoms with E-state index in [0.29, 0.717) is 4.83 Å². The Morgan fingerprint density at radius 3 is 2.53 bits per heavy atom. The Bertz CT molecular complexity index is 307. The third-order valence-corrected chi connectivity index (χ3v) is 6.98. The SMILES string of the molecule is Cc1cc(C(Br)C2CCCCC2)sc1Br. The lowest BCUT2D eigenvalue weighted by molar-refractivity contribution is 0.356. The number of rotatable bonds is 2. The smallest absolute Gasteiger partial charge is 0.0730 e. The quantitative estimate of drug-likeness (QED) is 0.587. The molecular weight excluding hydrogens is 336 g/mol. The first-order valence-corrected chi connectivity index (χ1v) is 8.11. The highest BCUT2D eigenvalue weighted by Gasteiger charge is 2.24. The lowest BCUT2D eigenvalue weighted by atomic mass is 9.86. The van der Waals surface area contributed by atoms with Crippen LogP contribution in [0.1, 0.15) is 47.4 Å². The summed E-state index contributed by atoms with van der Waals surface area (Å²) in [4.78, 5) is 2.07. The molecule has 0 aliphatic heterocycles. The Hall–Kier alpha value is 0.660. The van der Waals surface area contributed by atoms with Crippen LogP contribution in [-0.2, 0) is 0 Å². The first kappa shape index (κ1) is 12.1. The van der Waals surface area contributed by atoms with Gasteiger partial charge >= 0.3 is 0 Å². The average molecular weight is 352 g/mol. The molecule has 3 heteroatoms. The van der Waals surface area contributed by atoms with Crippen LogP contribution in [0.4, 0.5) is 0 Å². The molecule has 0 saturated heterocycles. The maximum atomic E-state index is 3.88. The van der Waals surface area contributed by atoms with Gasteiger partial charge in [0.1, 0.15) is 0 Å². The number of hydrogen-bond acceptors (Lipinski definition) is 1. The lowest BCUT2D eigenvalue weighted by Gasteiger charge is -2.25. The van der Waals surface area contributed by atoms with Gasteiger partial charge in [-0.15, -0.1) is 11.3 Å². The van der Waals surface area contributed by atoms with Crippen LogP contribution in [0.2, 0.25) is 0 Å². The minimum absolute atomic E-state index is 0.577. The van der Waals surface area contributed by atoms with Gasteiger partial charge in [0.2, 0.25) is 0 Å². The second-order valence-corrected chi connectivity index (χ2v) is 7.79. The Labute approximate surface area is 113 Å². The summed E-state index contributed by atoms with van der Waals surface area (Å²) < 4.78 is 1.29. The molecule has 1 unspecified atom stereocenters. The van der Waals surface area contributed by atoms with Gasteiger partial charge in [-0.3, -0.25) is 0 Å². The number of halogens is 2. The van der Waals surface area contributed by atoms with Crippen LogP contribution in [-0.4, -0.2) is 0 Å². The number of aryl methyl sites for hydroxylation is 1. The van der Waals surface area contributed by atoms with E-state index in [2.05, 4.69) is 44.8 Å². The molecule has 0 bridgehead atoms. The summed E-state index contributed by atoms with van der Waals surface area (Å²) in [5, 5.41) is 0. The van der Waals surface area contributed by atoms with Crippen LogP contribution >= 0.6 is 43.2 Å². The molecule has 1 atom stereocenters. The van der Waals surface area contributed by atoms with E-state index in [0.717, 1.165) is 5.92 Å². The van der Waals surface area contributed by atoms with Crippen LogP contribution < -0.4 is 0 Å². The minimum atomic E-state index is 0.577. The molecule has 0 N–H and O–H groups in total. The molecule has 1 fully saturated rings. The van der Waals surface area contributed by atoms with Crippen LogP contribution in [0.5, 0.6) is 0 Å². The highest BCUT2D eigenvalue weighted by molar-refractivity contribution is 9.11. The molecule has 0 amide bonds. The fourth-order valence-corrected chi connectivity index (χ4v) is 4.86. The zero-order chi connectivity index (χ0) is 10.8. The van der Waals surface area contributed by atoms with E-state index in [1.807, 2.05) is 11.3 Å². The summed E-state index contributed by atoms with van der Waals surface area (Å²) >= 11 is 9.38. The molecular formula is C12H16Br2S. The predicted octanol–water partition coefficient (Wildman–Crippen LogP) is 5.84. The molecule has 1 aromatic heterocycles. The van der Waals surface area contributed by atoms with Crippen molar-refractivity contribution in [2.24, 2.45) is 5.92 Å². The third-order valence-electron chi connectivity index (χ3n) is 3.21. The molecule has 2 rings (SSSR count). The van der Waals surface area contributed by atoms with Crippen LogP contribution in [0.3, 0.4) is 0 Å². The van der Waals surface area contributed by atoms with Gasteiger partial charge in [-0.25, -0.2) is 0 Å². The summed E-state index contributed by atoms with van der Waals surface area (Å²) in [7, 11) is 0. The van der Waals surface area contributed by atoms with Crippen LogP contribution in [0.25, 0.3) is 0 Å². The van der Waals surface area contributed by atoms with Crippen molar-refractivity contribution in [1.82, 2.24) is 0 Å². The minimum Gasteiger partial charge on any atom is -0.132 e. The second kappa shape index (κ2) is 5.33. The van der Waals surface area contributed by atoms with Gasteiger partial charge in [0, 0.05) is 4.88 Å². The van der Waals surface area contributed by atoms with Gasteiger partial charge in [-0.05, 0) is 53.2 Å². The first-order valence-electron chi connectivity index (χ1n) is 5.58. The fourth-order valence-electron chi connectivity index (χ4n) is 2.28. The molecule has 1 heterocycles. The second-order valence-electron chi connectivity index (χ2n) is 4.41. The van der Waals surface area contributed by atoms with E-state index in [1.54, 1.807) is 0 Å². The van der Waals surface area contributed by atoms with E-state index in [4.69, 9.17) is 0 Å². The molecule has 1 aromatic rings. The summed E-state index contributed by atoms with van der Waals surface area (Å²) in [6.45, 7) is 2.17. The molecule has 0 aromatic carbocycles. The zero-order valence-corrected chi connectivity index (χ0v) is 12.9. The third kappa shape index (κ3) is 2.86. The number of alkyl halides is 1. The van der Waals surface area contributed by atoms with Crippen LogP contribution in [0.15, 0.2) is 9.85 Å². The molecule has 0 radical (unpaired) electrons. The Morgan fingerprint density at radius 1 is 1.33 bits per heavy atom. The monoisotopic (exact) mass is 350 g/mol. The van der Waals surface area contributed by atoms with Gasteiger partial charge in [-0.1, -0.05) is 35.2 Å². The van der Waals surface area contributed by atoms with Gasteiger partial charge in [-0.2, -0.15) is 0 Å². The summed E-state index contributed by atoms with van der Waals surface area (Å²) in [5.74, 6) is 0.851. The standard InChI is InChI=1S/C12H16Br2S/c1-8-7-10(15-12(8)14)11(13)9-5-3-2-4-6-9/h7,9,11H,2-6H2,1H3. The van der Waals surface area contributed by atoms with Crippen molar-refractivity contribution in [2.75, 3.05) is 0 Å². The molecule has 84 valence electrons. The lowest BCUT2D eigenvalue weighted by Crippen LogP contribution is -2.10. The van der Waals surface area contributed by atoms with Gasteiger partial charge in [0.05, 0.1) is 8.61 Å². The van der Waals surface area contributed by atoms with E-state index >= 15 is 0 Å². The van der Waals surface area contributed by atoms with Crippen molar-refractivity contribution in [3.63, 3.8) is 0 Å². The highest BCUT2D eigenvalue weighted by atomic mass is 79.9. The van der Waals surface area contributed by atoms with E-state index in [9.17, 15) is 0 Å². The van der Waals surface area contributed by atoms with E-state index < -0.39 is 0 Å². The van der Waals surface area contributed by atoms with Gasteiger partial charge in [0.25, 0.3) is 0 Å². The molecule has 1 aliphatic rings. The van der Waals surface area contributed by atoms with Crippen molar-refractivity contribution >= 4 is 43.2 Å². The molecule has 0 nitrogen and oxygen atoms in total. The van der Waals surface area contributed by atoms with Gasteiger partial charge < -0.3 is 0 Å².